The zero-order valence-electron chi connectivity index (χ0n) is 11.1. The van der Waals surface area contributed by atoms with Crippen LogP contribution in [0, 0.1) is 5.82 Å². The summed E-state index contributed by atoms with van der Waals surface area (Å²) in [5, 5.41) is 3.39. The van der Waals surface area contributed by atoms with Gasteiger partial charge in [-0.3, -0.25) is 0 Å². The third kappa shape index (κ3) is 3.43. The highest BCUT2D eigenvalue weighted by Crippen LogP contribution is 2.31. The van der Waals surface area contributed by atoms with E-state index in [1.807, 2.05) is 6.92 Å². The van der Waals surface area contributed by atoms with E-state index >= 15 is 0 Å². The van der Waals surface area contributed by atoms with Gasteiger partial charge in [0.1, 0.15) is 11.6 Å². The molecule has 2 nitrogen and oxygen atoms in total. The van der Waals surface area contributed by atoms with Gasteiger partial charge in [0.25, 0.3) is 0 Å². The van der Waals surface area contributed by atoms with E-state index in [0.29, 0.717) is 11.3 Å². The predicted molar refractivity (Wildman–Crippen MR) is 69.1 cm³/mol. The molecule has 3 heteroatoms. The van der Waals surface area contributed by atoms with Crippen LogP contribution in [-0.4, -0.2) is 19.7 Å². The Morgan fingerprint density at radius 3 is 2.65 bits per heavy atom. The van der Waals surface area contributed by atoms with E-state index in [1.165, 1.54) is 6.07 Å². The predicted octanol–water partition coefficient (Wildman–Crippen LogP) is 3.33. The van der Waals surface area contributed by atoms with Crippen LogP contribution in [-0.2, 0) is 0 Å². The van der Waals surface area contributed by atoms with Crippen molar-refractivity contribution in [2.75, 3.05) is 13.7 Å². The molecule has 0 bridgehead atoms. The Kier molecular flexibility index (Phi) is 5.42. The lowest BCUT2D eigenvalue weighted by Crippen LogP contribution is -2.32. The van der Waals surface area contributed by atoms with Crippen LogP contribution in [0.15, 0.2) is 18.2 Å². The maximum Gasteiger partial charge on any atom is 0.130 e. The van der Waals surface area contributed by atoms with E-state index < -0.39 is 0 Å². The molecule has 1 rings (SSSR count). The van der Waals surface area contributed by atoms with Crippen LogP contribution in [0.3, 0.4) is 0 Å². The number of benzene rings is 1. The molecule has 1 aromatic carbocycles. The van der Waals surface area contributed by atoms with Crippen molar-refractivity contribution in [3.63, 3.8) is 0 Å². The summed E-state index contributed by atoms with van der Waals surface area (Å²) in [6.07, 6.45) is 1.07. The van der Waals surface area contributed by atoms with Crippen LogP contribution in [0.2, 0.25) is 0 Å². The second kappa shape index (κ2) is 6.60. The van der Waals surface area contributed by atoms with Crippen molar-refractivity contribution in [1.29, 1.82) is 0 Å². The topological polar surface area (TPSA) is 21.3 Å². The van der Waals surface area contributed by atoms with Gasteiger partial charge in [-0.1, -0.05) is 19.9 Å². The number of hydrogen-bond donors (Lipinski definition) is 1. The van der Waals surface area contributed by atoms with Crippen molar-refractivity contribution in [1.82, 2.24) is 5.32 Å². The second-order valence-electron chi connectivity index (χ2n) is 4.39. The number of ether oxygens (including phenoxy) is 1. The first-order valence-electron chi connectivity index (χ1n) is 6.17. The summed E-state index contributed by atoms with van der Waals surface area (Å²) in [7, 11) is 1.58. The first kappa shape index (κ1) is 14.0. The first-order chi connectivity index (χ1) is 8.11. The van der Waals surface area contributed by atoms with E-state index in [-0.39, 0.29) is 17.8 Å². The zero-order chi connectivity index (χ0) is 12.8. The lowest BCUT2D eigenvalue weighted by Gasteiger charge is -2.23. The molecule has 0 saturated carbocycles. The molecule has 0 heterocycles. The van der Waals surface area contributed by atoms with Gasteiger partial charge >= 0.3 is 0 Å². The molecule has 2 atom stereocenters. The van der Waals surface area contributed by atoms with Crippen molar-refractivity contribution < 1.29 is 9.13 Å². The lowest BCUT2D eigenvalue weighted by atomic mass is 9.93. The molecule has 1 aromatic rings. The number of methoxy groups -OCH3 is 1. The monoisotopic (exact) mass is 239 g/mol. The van der Waals surface area contributed by atoms with E-state index in [9.17, 15) is 4.39 Å². The molecule has 96 valence electrons. The number of halogens is 1. The maximum absolute atomic E-state index is 13.9. The van der Waals surface area contributed by atoms with Gasteiger partial charge in [-0.2, -0.15) is 0 Å². The quantitative estimate of drug-likeness (QED) is 0.822. The number of hydrogen-bond acceptors (Lipinski definition) is 2. The van der Waals surface area contributed by atoms with Gasteiger partial charge in [0, 0.05) is 17.5 Å². The van der Waals surface area contributed by atoms with Gasteiger partial charge in [-0.05, 0) is 32.0 Å². The average molecular weight is 239 g/mol. The van der Waals surface area contributed by atoms with Crippen molar-refractivity contribution in [2.24, 2.45) is 0 Å². The summed E-state index contributed by atoms with van der Waals surface area (Å²) < 4.78 is 19.1. The Balaban J connectivity index is 2.90. The van der Waals surface area contributed by atoms with Crippen LogP contribution < -0.4 is 10.1 Å². The molecule has 2 unspecified atom stereocenters. The Hall–Kier alpha value is -1.09. The van der Waals surface area contributed by atoms with Gasteiger partial charge in [-0.15, -0.1) is 0 Å². The lowest BCUT2D eigenvalue weighted by molar-refractivity contribution is 0.388. The minimum absolute atomic E-state index is 0.0812. The minimum atomic E-state index is -0.193. The molecule has 0 aliphatic heterocycles. The fourth-order valence-electron chi connectivity index (χ4n) is 1.94. The zero-order valence-corrected chi connectivity index (χ0v) is 11.1. The number of nitrogens with one attached hydrogen (secondary N) is 1. The van der Waals surface area contributed by atoms with Crippen LogP contribution in [0.1, 0.15) is 38.7 Å². The standard InChI is InChI=1S/C14H22FNO/c1-5-9-16-11(3)10(2)14-12(15)7-6-8-13(14)17-4/h6-8,10-11,16H,5,9H2,1-4H3. The molecule has 0 spiro atoms. The van der Waals surface area contributed by atoms with Crippen molar-refractivity contribution >= 4 is 0 Å². The van der Waals surface area contributed by atoms with E-state index in [2.05, 4.69) is 19.2 Å². The minimum Gasteiger partial charge on any atom is -0.496 e. The number of rotatable bonds is 6. The van der Waals surface area contributed by atoms with Gasteiger partial charge in [0.15, 0.2) is 0 Å². The Labute approximate surface area is 103 Å². The summed E-state index contributed by atoms with van der Waals surface area (Å²) in [6.45, 7) is 7.16. The Bertz CT molecular complexity index is 354. The molecule has 0 fully saturated rings. The molecule has 0 radical (unpaired) electrons. The van der Waals surface area contributed by atoms with Crippen molar-refractivity contribution in [2.45, 2.75) is 39.2 Å². The molecule has 0 saturated heterocycles. The molecular formula is C14H22FNO. The highest BCUT2D eigenvalue weighted by atomic mass is 19.1. The fraction of sp³-hybridized carbons (Fsp3) is 0.571. The molecule has 0 amide bonds. The van der Waals surface area contributed by atoms with Crippen LogP contribution in [0.25, 0.3) is 0 Å². The average Bonchev–Trinajstić information content (AvgIpc) is 2.34. The van der Waals surface area contributed by atoms with Gasteiger partial charge in [-0.25, -0.2) is 4.39 Å². The summed E-state index contributed by atoms with van der Waals surface area (Å²) in [6, 6.07) is 5.19. The highest BCUT2D eigenvalue weighted by molar-refractivity contribution is 5.38. The van der Waals surface area contributed by atoms with Crippen LogP contribution in [0.5, 0.6) is 5.75 Å². The summed E-state index contributed by atoms with van der Waals surface area (Å²) in [4.78, 5) is 0. The smallest absolute Gasteiger partial charge is 0.130 e. The molecular weight excluding hydrogens is 217 g/mol. The summed E-state index contributed by atoms with van der Waals surface area (Å²) in [5.74, 6) is 0.516. The van der Waals surface area contributed by atoms with Crippen LogP contribution >= 0.6 is 0 Å². The Morgan fingerprint density at radius 1 is 1.35 bits per heavy atom. The maximum atomic E-state index is 13.9. The molecule has 0 aromatic heterocycles. The SMILES string of the molecule is CCCNC(C)C(C)c1c(F)cccc1OC. The van der Waals surface area contributed by atoms with Crippen molar-refractivity contribution in [3.05, 3.63) is 29.6 Å². The third-order valence-electron chi connectivity index (χ3n) is 3.15. The third-order valence-corrected chi connectivity index (χ3v) is 3.15. The summed E-state index contributed by atoms with van der Waals surface area (Å²) >= 11 is 0. The van der Waals surface area contributed by atoms with Gasteiger partial charge in [0.2, 0.25) is 0 Å². The van der Waals surface area contributed by atoms with E-state index in [4.69, 9.17) is 4.74 Å². The second-order valence-corrected chi connectivity index (χ2v) is 4.39. The summed E-state index contributed by atoms with van der Waals surface area (Å²) in [5.41, 5.74) is 0.658. The highest BCUT2D eigenvalue weighted by Gasteiger charge is 2.21. The van der Waals surface area contributed by atoms with Gasteiger partial charge < -0.3 is 10.1 Å². The molecule has 0 aliphatic rings. The first-order valence-corrected chi connectivity index (χ1v) is 6.17. The molecule has 1 N–H and O–H groups in total. The fourth-order valence-corrected chi connectivity index (χ4v) is 1.94. The van der Waals surface area contributed by atoms with E-state index in [1.54, 1.807) is 19.2 Å². The molecule has 17 heavy (non-hydrogen) atoms. The normalized spacial score (nSPS) is 14.4. The van der Waals surface area contributed by atoms with Crippen LogP contribution in [0.4, 0.5) is 4.39 Å². The van der Waals surface area contributed by atoms with Gasteiger partial charge in [0.05, 0.1) is 7.11 Å². The molecule has 0 aliphatic carbocycles. The van der Waals surface area contributed by atoms with E-state index in [0.717, 1.165) is 13.0 Å². The Morgan fingerprint density at radius 2 is 2.06 bits per heavy atom. The largest absolute Gasteiger partial charge is 0.496 e. The van der Waals surface area contributed by atoms with Crippen molar-refractivity contribution in [3.8, 4) is 5.75 Å².